The Morgan fingerprint density at radius 2 is 1.27 bits per heavy atom. The van der Waals surface area contributed by atoms with Crippen LogP contribution in [0.2, 0.25) is 3.12 Å². The second-order valence-corrected chi connectivity index (χ2v) is 41.2. The van der Waals surface area contributed by atoms with Crippen molar-refractivity contribution in [2.75, 3.05) is 0 Å². The molecule has 0 nitrogen and oxygen atoms in total. The third kappa shape index (κ3) is 4.31. The molecule has 3 atom stereocenters. The van der Waals surface area contributed by atoms with E-state index in [-0.39, 0.29) is 49.6 Å². The van der Waals surface area contributed by atoms with E-state index in [1.54, 1.807) is 26.5 Å². The number of rotatable bonds is 4. The van der Waals surface area contributed by atoms with Crippen LogP contribution in [-0.2, 0) is 23.8 Å². The third-order valence-electron chi connectivity index (χ3n) is 17.2. The van der Waals surface area contributed by atoms with E-state index in [2.05, 4.69) is 179 Å². The predicted octanol–water partition coefficient (Wildman–Crippen LogP) is 11.7. The first-order chi connectivity index (χ1) is 23.5. The predicted molar refractivity (Wildman–Crippen MR) is 230 cm³/mol. The summed E-state index contributed by atoms with van der Waals surface area (Å²) < 4.78 is 4.85. The van der Waals surface area contributed by atoms with Gasteiger partial charge in [-0.15, -0.1) is 24.8 Å². The third-order valence-corrected chi connectivity index (χ3v) is 48.8. The van der Waals surface area contributed by atoms with Gasteiger partial charge in [-0.2, -0.15) is 0 Å². The summed E-state index contributed by atoms with van der Waals surface area (Å²) in [5, 5.41) is 0. The van der Waals surface area contributed by atoms with E-state index in [9.17, 15) is 0 Å². The molecule has 0 amide bonds. The fourth-order valence-electron chi connectivity index (χ4n) is 13.0. The first-order valence-corrected chi connectivity index (χ1v) is 30.1. The molecule has 1 saturated carbocycles. The Labute approximate surface area is 329 Å². The van der Waals surface area contributed by atoms with Gasteiger partial charge in [0.05, 0.1) is 0 Å². The van der Waals surface area contributed by atoms with Gasteiger partial charge in [0.25, 0.3) is 0 Å². The fourth-order valence-corrected chi connectivity index (χ4v) is 41.6. The van der Waals surface area contributed by atoms with E-state index >= 15 is 0 Å². The topological polar surface area (TPSA) is 0 Å². The molecule has 4 heteroatoms. The van der Waals surface area contributed by atoms with Crippen molar-refractivity contribution in [2.45, 2.75) is 98.0 Å². The van der Waals surface area contributed by atoms with Gasteiger partial charge in [-0.05, 0) is 0 Å². The Morgan fingerprint density at radius 1 is 0.692 bits per heavy atom. The molecular weight excluding hydrogens is 767 g/mol. The fraction of sp³-hybridized carbons (Fsp3) is 0.417. The average molecular weight is 827 g/mol. The molecule has 0 spiro atoms. The van der Waals surface area contributed by atoms with Crippen molar-refractivity contribution in [1.82, 2.24) is 0 Å². The summed E-state index contributed by atoms with van der Waals surface area (Å²) in [6.07, 6.45) is 17.0. The molecular formula is C48H60Cl2SiZr. The van der Waals surface area contributed by atoms with Crippen molar-refractivity contribution >= 4 is 43.8 Å². The van der Waals surface area contributed by atoms with E-state index in [0.717, 1.165) is 19.3 Å². The van der Waals surface area contributed by atoms with E-state index in [0.29, 0.717) is 5.92 Å². The number of fused-ring (bicyclic) bond motifs is 6. The van der Waals surface area contributed by atoms with Crippen molar-refractivity contribution in [2.24, 2.45) is 27.6 Å². The molecule has 3 unspecified atom stereocenters. The van der Waals surface area contributed by atoms with Crippen molar-refractivity contribution in [3.05, 3.63) is 145 Å². The van der Waals surface area contributed by atoms with Crippen LogP contribution in [0.15, 0.2) is 123 Å². The van der Waals surface area contributed by atoms with E-state index in [4.69, 9.17) is 0 Å². The first kappa shape index (κ1) is 39.7. The molecule has 0 heterocycles. The molecule has 274 valence electrons. The largest absolute Gasteiger partial charge is 0.147 e. The van der Waals surface area contributed by atoms with Crippen LogP contribution in [0.1, 0.15) is 96.9 Å². The molecule has 0 bridgehead atoms. The number of benzene rings is 3. The molecule has 5 aliphatic carbocycles. The summed E-state index contributed by atoms with van der Waals surface area (Å²) >= 11 is -4.85. The van der Waals surface area contributed by atoms with Crippen LogP contribution in [0.25, 0.3) is 5.57 Å². The van der Waals surface area contributed by atoms with Crippen LogP contribution in [0, 0.1) is 41.4 Å². The molecule has 0 aromatic heterocycles. The standard InChI is InChI=1S/C29H37.2C7H7.C5H5.2ClH.H2Si.Zr/c1-18-25-22-17-19-13-9-10-14-20(19)24(22)21-15-11-12-16-23(21)29(25,8)28(6,7)27(4,5)26(18,2)3;2*1-7-5-3-2-4-6-7;1-2-4-5-3-1;;;;/h9-11,13-15,23H,12,16-17H2,1-8H3;2*3-6H,1H3;1-3H,4H2;2*1H;1H2;. The number of hydrogen-bond acceptors (Lipinski definition) is 0. The summed E-state index contributed by atoms with van der Waals surface area (Å²) in [7, 11) is 0. The summed E-state index contributed by atoms with van der Waals surface area (Å²) in [6, 6.07) is 29.5. The molecule has 3 aromatic rings. The van der Waals surface area contributed by atoms with E-state index in [1.165, 1.54) is 28.7 Å². The SMILES string of the molecule is Cc1cc[c]([Zr](=[SiH2])([C]2=CC=CC2)([c]2ccc(C)cc2)[C]2(C)C3=C4Cc5ccccc5C4=C4C=CCCC4C3(C)C(C)(C)C(C)(C)C2(C)C)cc1.Cl.Cl. The van der Waals surface area contributed by atoms with Crippen LogP contribution in [-0.4, -0.2) is 6.88 Å². The smallest absolute Gasteiger partial charge is 0.147 e. The van der Waals surface area contributed by atoms with Gasteiger partial charge in [0.2, 0.25) is 0 Å². The minimum absolute atomic E-state index is 0. The summed E-state index contributed by atoms with van der Waals surface area (Å²) in [5.74, 6) is 0.472. The Hall–Kier alpha value is -1.96. The maximum Gasteiger partial charge on any atom is -0.147 e. The second-order valence-electron chi connectivity index (χ2n) is 18.8. The Balaban J connectivity index is 0.00000232. The molecule has 0 radical (unpaired) electrons. The molecule has 1 fully saturated rings. The summed E-state index contributed by atoms with van der Waals surface area (Å²) in [4.78, 5) is 0. The zero-order valence-electron chi connectivity index (χ0n) is 33.2. The molecule has 5 aliphatic rings. The van der Waals surface area contributed by atoms with Crippen LogP contribution >= 0.6 is 24.8 Å². The van der Waals surface area contributed by atoms with Crippen LogP contribution in [0.3, 0.4) is 0 Å². The molecule has 0 N–H and O–H groups in total. The van der Waals surface area contributed by atoms with Gasteiger partial charge >= 0.3 is 307 Å². The maximum absolute atomic E-state index is 4.85. The molecule has 3 aromatic carbocycles. The van der Waals surface area contributed by atoms with E-state index < -0.39 is 17.4 Å². The zero-order valence-corrected chi connectivity index (χ0v) is 38.7. The Kier molecular flexibility index (Phi) is 9.57. The Morgan fingerprint density at radius 3 is 1.83 bits per heavy atom. The maximum atomic E-state index is 2.85. The number of allylic oxidation sites excluding steroid dienone is 10. The average Bonchev–Trinajstić information content (AvgIpc) is 3.77. The molecule has 0 aliphatic heterocycles. The van der Waals surface area contributed by atoms with Gasteiger partial charge < -0.3 is 0 Å². The monoisotopic (exact) mass is 824 g/mol. The quantitative estimate of drug-likeness (QED) is 0.230. The van der Waals surface area contributed by atoms with Crippen molar-refractivity contribution < 1.29 is 17.4 Å². The van der Waals surface area contributed by atoms with Crippen LogP contribution in [0.5, 0.6) is 0 Å². The van der Waals surface area contributed by atoms with Crippen LogP contribution in [0.4, 0.5) is 0 Å². The van der Waals surface area contributed by atoms with E-state index in [1.807, 2.05) is 5.57 Å². The summed E-state index contributed by atoms with van der Waals surface area (Å²) in [5.41, 5.74) is 12.3. The molecule has 8 rings (SSSR count). The minimum Gasteiger partial charge on any atom is -0.147 e. The number of aryl methyl sites for hydroxylation is 2. The van der Waals surface area contributed by atoms with Gasteiger partial charge in [-0.3, -0.25) is 0 Å². The van der Waals surface area contributed by atoms with Crippen molar-refractivity contribution in [1.29, 1.82) is 0 Å². The molecule has 0 saturated heterocycles. The van der Waals surface area contributed by atoms with Gasteiger partial charge in [-0.1, -0.05) is 0 Å². The number of halogens is 2. The minimum atomic E-state index is -4.85. The molecule has 52 heavy (non-hydrogen) atoms. The normalized spacial score (nSPS) is 27.8. The number of hydrogen-bond donors (Lipinski definition) is 0. The van der Waals surface area contributed by atoms with Gasteiger partial charge in [-0.25, -0.2) is 0 Å². The second kappa shape index (κ2) is 12.5. The van der Waals surface area contributed by atoms with Gasteiger partial charge in [0.15, 0.2) is 0 Å². The zero-order chi connectivity index (χ0) is 35.7. The summed E-state index contributed by atoms with van der Waals surface area (Å²) in [6.45, 7) is 28.8. The van der Waals surface area contributed by atoms with Crippen molar-refractivity contribution in [3.63, 3.8) is 0 Å². The van der Waals surface area contributed by atoms with Gasteiger partial charge in [0.1, 0.15) is 0 Å². The van der Waals surface area contributed by atoms with Gasteiger partial charge in [0, 0.05) is 0 Å². The van der Waals surface area contributed by atoms with Crippen LogP contribution < -0.4 is 6.54 Å². The Bertz CT molecular complexity index is 2140. The van der Waals surface area contributed by atoms with Crippen molar-refractivity contribution in [3.8, 4) is 0 Å². The first-order valence-electron chi connectivity index (χ1n) is 19.3.